The highest BCUT2D eigenvalue weighted by molar-refractivity contribution is 7.80. The molecule has 0 aliphatic heterocycles. The molecule has 4 N–H and O–H groups in total. The predicted molar refractivity (Wildman–Crippen MR) is 128 cm³/mol. The lowest BCUT2D eigenvalue weighted by molar-refractivity contribution is -0.137. The summed E-state index contributed by atoms with van der Waals surface area (Å²) in [4.78, 5) is 11.2. The van der Waals surface area contributed by atoms with Crippen molar-refractivity contribution in [3.63, 3.8) is 0 Å². The topological polar surface area (TPSA) is 104 Å². The number of hydrogen-bond acceptors (Lipinski definition) is 5. The fraction of sp³-hybridized carbons (Fsp3) is 0.182. The minimum Gasteiger partial charge on any atom is -0.504 e. The zero-order valence-corrected chi connectivity index (χ0v) is 19.2. The van der Waals surface area contributed by atoms with Crippen LogP contribution in [0.25, 0.3) is 11.3 Å². The van der Waals surface area contributed by atoms with Crippen LogP contribution in [0.15, 0.2) is 53.6 Å². The number of benzene rings is 2. The van der Waals surface area contributed by atoms with Crippen molar-refractivity contribution in [3.05, 3.63) is 59.8 Å². The first-order valence-electron chi connectivity index (χ1n) is 9.88. The van der Waals surface area contributed by atoms with Gasteiger partial charge in [0, 0.05) is 30.9 Å². The van der Waals surface area contributed by atoms with Crippen molar-refractivity contribution in [2.45, 2.75) is 20.0 Å². The first-order valence-corrected chi connectivity index (χ1v) is 10.3. The van der Waals surface area contributed by atoms with Crippen LogP contribution >= 0.6 is 12.2 Å². The maximum atomic E-state index is 12.8. The molecule has 0 bridgehead atoms. The third-order valence-corrected chi connectivity index (χ3v) is 4.81. The number of thiocarbonyl (C=S) groups is 1. The van der Waals surface area contributed by atoms with Crippen molar-refractivity contribution in [2.75, 3.05) is 10.6 Å². The molecule has 0 radical (unpaired) electrons. The van der Waals surface area contributed by atoms with Crippen molar-refractivity contribution in [2.24, 2.45) is 12.1 Å². The third-order valence-electron chi connectivity index (χ3n) is 4.62. The lowest BCUT2D eigenvalue weighted by Crippen LogP contribution is -2.25. The number of amides is 1. The Balaban J connectivity index is 1.74. The van der Waals surface area contributed by atoms with Crippen LogP contribution in [0.2, 0.25) is 0 Å². The molecule has 0 saturated heterocycles. The summed E-state index contributed by atoms with van der Waals surface area (Å²) < 4.78 is 39.8. The molecule has 2 aromatic carbocycles. The van der Waals surface area contributed by atoms with Crippen molar-refractivity contribution < 1.29 is 23.1 Å². The molecule has 0 unspecified atom stereocenters. The van der Waals surface area contributed by atoms with Crippen LogP contribution in [-0.4, -0.2) is 31.6 Å². The average Bonchev–Trinajstić information content (AvgIpc) is 3.05. The van der Waals surface area contributed by atoms with Gasteiger partial charge in [0.25, 0.3) is 0 Å². The van der Waals surface area contributed by atoms with E-state index in [0.29, 0.717) is 22.6 Å². The molecule has 0 saturated carbocycles. The smallest absolute Gasteiger partial charge is 0.416 e. The van der Waals surface area contributed by atoms with Gasteiger partial charge in [-0.25, -0.2) is 0 Å². The van der Waals surface area contributed by atoms with Crippen molar-refractivity contribution in [1.29, 1.82) is 0 Å². The van der Waals surface area contributed by atoms with Crippen LogP contribution < -0.4 is 16.1 Å². The highest BCUT2D eigenvalue weighted by Gasteiger charge is 2.30. The molecule has 0 spiro atoms. The number of carbonyl (C=O) groups excluding carboxylic acids is 1. The second-order valence-corrected chi connectivity index (χ2v) is 7.68. The van der Waals surface area contributed by atoms with Crippen molar-refractivity contribution in [1.82, 2.24) is 15.2 Å². The number of alkyl halides is 3. The molecule has 0 aliphatic carbocycles. The maximum absolute atomic E-state index is 12.8. The quantitative estimate of drug-likeness (QED) is 0.239. The van der Waals surface area contributed by atoms with Gasteiger partial charge < -0.3 is 15.7 Å². The Hall–Kier alpha value is -3.93. The zero-order valence-electron chi connectivity index (χ0n) is 18.4. The van der Waals surface area contributed by atoms with Gasteiger partial charge in [-0.15, -0.1) is 0 Å². The number of nitrogens with zero attached hydrogens (tertiary/aromatic N) is 3. The number of nitrogens with one attached hydrogen (secondary N) is 3. The lowest BCUT2D eigenvalue weighted by atomic mass is 10.1. The van der Waals surface area contributed by atoms with Crippen LogP contribution in [0.4, 0.5) is 24.5 Å². The van der Waals surface area contributed by atoms with Crippen molar-refractivity contribution in [3.8, 4) is 17.0 Å². The molecule has 12 heteroatoms. The van der Waals surface area contributed by atoms with Gasteiger partial charge in [-0.3, -0.25) is 14.9 Å². The first-order chi connectivity index (χ1) is 16.0. The van der Waals surface area contributed by atoms with Crippen LogP contribution in [0.5, 0.6) is 5.75 Å². The molecule has 8 nitrogen and oxygen atoms in total. The average molecular weight is 491 g/mol. The molecule has 0 aliphatic rings. The zero-order chi connectivity index (χ0) is 25.0. The lowest BCUT2D eigenvalue weighted by Gasteiger charge is -2.09. The summed E-state index contributed by atoms with van der Waals surface area (Å²) in [6, 6.07) is 11.3. The summed E-state index contributed by atoms with van der Waals surface area (Å²) in [5.74, 6) is -0.434. The number of hydrogen-bond donors (Lipinski definition) is 4. The van der Waals surface area contributed by atoms with E-state index in [1.54, 1.807) is 38.2 Å². The molecule has 178 valence electrons. The fourth-order valence-electron chi connectivity index (χ4n) is 3.12. The monoisotopic (exact) mass is 490 g/mol. The summed E-state index contributed by atoms with van der Waals surface area (Å²) in [6.07, 6.45) is -4.45. The van der Waals surface area contributed by atoms with Crippen LogP contribution in [-0.2, 0) is 18.0 Å². The number of aromatic nitrogens is 2. The summed E-state index contributed by atoms with van der Waals surface area (Å²) in [6.45, 7) is 2.99. The van der Waals surface area contributed by atoms with Gasteiger partial charge in [-0.2, -0.15) is 23.4 Å². The van der Waals surface area contributed by atoms with Gasteiger partial charge in [0.1, 0.15) is 5.69 Å². The van der Waals surface area contributed by atoms with Gasteiger partial charge in [0.15, 0.2) is 16.6 Å². The summed E-state index contributed by atoms with van der Waals surface area (Å²) >= 11 is 5.22. The van der Waals surface area contributed by atoms with Gasteiger partial charge >= 0.3 is 6.18 Å². The molecule has 1 aromatic heterocycles. The number of anilines is 2. The number of aryl methyl sites for hydroxylation is 1. The van der Waals surface area contributed by atoms with Crippen LogP contribution in [0.3, 0.4) is 0 Å². The van der Waals surface area contributed by atoms with E-state index >= 15 is 0 Å². The van der Waals surface area contributed by atoms with E-state index in [1.165, 1.54) is 23.7 Å². The van der Waals surface area contributed by atoms with Gasteiger partial charge in [-0.1, -0.05) is 18.2 Å². The minimum atomic E-state index is -4.45. The fourth-order valence-corrected chi connectivity index (χ4v) is 3.29. The van der Waals surface area contributed by atoms with Crippen LogP contribution in [0.1, 0.15) is 25.1 Å². The Bertz CT molecular complexity index is 1250. The number of halogens is 3. The summed E-state index contributed by atoms with van der Waals surface area (Å²) in [5, 5.41) is 24.8. The molecule has 34 heavy (non-hydrogen) atoms. The van der Waals surface area contributed by atoms with Gasteiger partial charge in [-0.05, 0) is 49.5 Å². The van der Waals surface area contributed by atoms with E-state index in [0.717, 1.165) is 12.1 Å². The van der Waals surface area contributed by atoms with E-state index in [9.17, 15) is 23.1 Å². The second kappa shape index (κ2) is 9.91. The van der Waals surface area contributed by atoms with Crippen molar-refractivity contribution >= 4 is 40.3 Å². The molecule has 3 aromatic rings. The Morgan fingerprint density at radius 3 is 2.29 bits per heavy atom. The number of hydrazone groups is 1. The maximum Gasteiger partial charge on any atom is 0.416 e. The third kappa shape index (κ3) is 5.90. The van der Waals surface area contributed by atoms with E-state index in [4.69, 9.17) is 12.2 Å². The minimum absolute atomic E-state index is 0.139. The molecule has 1 amide bonds. The standard InChI is InChI=1S/C22H21F3N6O2S/c1-12(28-29-21(34)27-17-6-4-5-16(11-17)26-13(2)32)18-20(33)19(31(3)30-18)14-7-9-15(10-8-14)22(23,24)25/h4-11,33H,1-3H3,(H,26,32)(H2,27,29,34)/b28-12+. The largest absolute Gasteiger partial charge is 0.504 e. The molecular formula is C22H21F3N6O2S. The molecular weight excluding hydrogens is 469 g/mol. The number of carbonyl (C=O) groups is 1. The molecule has 3 rings (SSSR count). The van der Waals surface area contributed by atoms with Crippen LogP contribution in [0, 0.1) is 0 Å². The highest BCUT2D eigenvalue weighted by atomic mass is 32.1. The molecule has 0 fully saturated rings. The highest BCUT2D eigenvalue weighted by Crippen LogP contribution is 2.35. The molecule has 1 heterocycles. The van der Waals surface area contributed by atoms with E-state index < -0.39 is 11.7 Å². The number of aromatic hydroxyl groups is 1. The Morgan fingerprint density at radius 2 is 1.71 bits per heavy atom. The Morgan fingerprint density at radius 1 is 1.09 bits per heavy atom. The van der Waals surface area contributed by atoms with E-state index in [1.807, 2.05) is 0 Å². The number of rotatable bonds is 5. The Kier molecular flexibility index (Phi) is 7.20. The second-order valence-electron chi connectivity index (χ2n) is 7.27. The summed E-state index contributed by atoms with van der Waals surface area (Å²) in [5.41, 5.74) is 4.10. The van der Waals surface area contributed by atoms with Gasteiger partial charge in [0.05, 0.1) is 11.3 Å². The Labute approximate surface area is 198 Å². The van der Waals surface area contributed by atoms with Gasteiger partial charge in [0.2, 0.25) is 5.91 Å². The molecule has 0 atom stereocenters. The summed E-state index contributed by atoms with van der Waals surface area (Å²) in [7, 11) is 1.56. The van der Waals surface area contributed by atoms with E-state index in [2.05, 4.69) is 26.3 Å². The first kappa shape index (κ1) is 24.7. The SMILES string of the molecule is CC(=O)Nc1cccc(NC(=S)N/N=C(\C)c2nn(C)c(-c3ccc(C(F)(F)F)cc3)c2O)c1. The van der Waals surface area contributed by atoms with E-state index in [-0.39, 0.29) is 28.2 Å². The predicted octanol–water partition coefficient (Wildman–Crippen LogP) is 4.48. The normalized spacial score (nSPS) is 11.8.